The maximum atomic E-state index is 10.5. The molecule has 0 aromatic heterocycles. The van der Waals surface area contributed by atoms with E-state index in [1.54, 1.807) is 0 Å². The molecule has 0 spiro atoms. The van der Waals surface area contributed by atoms with E-state index >= 15 is 0 Å². The number of hydrogen-bond acceptors (Lipinski definition) is 2. The average Bonchev–Trinajstić information content (AvgIpc) is 1.90. The molecule has 1 saturated heterocycles. The zero-order valence-electron chi connectivity index (χ0n) is 5.52. The van der Waals surface area contributed by atoms with Crippen molar-refractivity contribution in [2.45, 2.75) is 19.4 Å². The summed E-state index contributed by atoms with van der Waals surface area (Å²) >= 11 is 0. The Labute approximate surface area is 54.4 Å². The van der Waals surface area contributed by atoms with Crippen molar-refractivity contribution in [2.24, 2.45) is 0 Å². The van der Waals surface area contributed by atoms with Gasteiger partial charge in [0.05, 0.1) is 6.10 Å². The number of carbonyl (C=O) groups excluding carboxylic acids is 1. The molecule has 1 aliphatic heterocycles. The van der Waals surface area contributed by atoms with E-state index in [1.165, 1.54) is 0 Å². The summed E-state index contributed by atoms with van der Waals surface area (Å²) in [6.07, 6.45) is 1.21. The van der Waals surface area contributed by atoms with Crippen molar-refractivity contribution in [3.63, 3.8) is 0 Å². The minimum Gasteiger partial charge on any atom is -0.367 e. The number of carbonyl (C=O) groups is 1. The van der Waals surface area contributed by atoms with Crippen LogP contribution in [0.1, 0.15) is 13.3 Å². The Morgan fingerprint density at radius 1 is 1.89 bits per heavy atom. The molecule has 3 heteroatoms. The van der Waals surface area contributed by atoms with Crippen LogP contribution in [0.5, 0.6) is 0 Å². The van der Waals surface area contributed by atoms with Crippen molar-refractivity contribution in [1.29, 1.82) is 0 Å². The lowest BCUT2D eigenvalue weighted by Crippen LogP contribution is -2.42. The molecule has 1 atom stereocenters. The highest BCUT2D eigenvalue weighted by atomic mass is 16.5. The summed E-state index contributed by atoms with van der Waals surface area (Å²) in [7, 11) is 0. The monoisotopic (exact) mass is 129 g/mol. The van der Waals surface area contributed by atoms with Crippen LogP contribution in [-0.2, 0) is 9.53 Å². The van der Waals surface area contributed by atoms with Crippen LogP contribution in [0.25, 0.3) is 0 Å². The number of morpholine rings is 1. The maximum absolute atomic E-state index is 10.5. The Hall–Kier alpha value is -0.570. The molecule has 1 aliphatic rings. The average molecular weight is 129 g/mol. The van der Waals surface area contributed by atoms with Gasteiger partial charge in [0.2, 0.25) is 5.91 Å². The molecule has 0 aliphatic carbocycles. The molecule has 1 N–H and O–H groups in total. The van der Waals surface area contributed by atoms with Gasteiger partial charge in [0, 0.05) is 6.54 Å². The van der Waals surface area contributed by atoms with Crippen molar-refractivity contribution < 1.29 is 9.53 Å². The van der Waals surface area contributed by atoms with Gasteiger partial charge >= 0.3 is 0 Å². The van der Waals surface area contributed by atoms with E-state index in [0.29, 0.717) is 6.54 Å². The van der Waals surface area contributed by atoms with E-state index in [0.717, 1.165) is 6.42 Å². The zero-order chi connectivity index (χ0) is 6.69. The molecule has 1 rings (SSSR count). The summed E-state index contributed by atoms with van der Waals surface area (Å²) in [6, 6.07) is 0. The zero-order valence-corrected chi connectivity index (χ0v) is 5.52. The Kier molecular flexibility index (Phi) is 2.05. The van der Waals surface area contributed by atoms with Gasteiger partial charge in [-0.1, -0.05) is 6.92 Å². The summed E-state index contributed by atoms with van der Waals surface area (Å²) in [6.45, 7) is 2.95. The fourth-order valence-electron chi connectivity index (χ4n) is 0.793. The first kappa shape index (κ1) is 6.55. The molecule has 9 heavy (non-hydrogen) atoms. The molecule has 0 aromatic carbocycles. The molecule has 1 heterocycles. The van der Waals surface area contributed by atoms with E-state index in [2.05, 4.69) is 5.32 Å². The number of nitrogens with one attached hydrogen (secondary N) is 1. The third kappa shape index (κ3) is 1.68. The largest absolute Gasteiger partial charge is 0.367 e. The normalized spacial score (nSPS) is 27.7. The second-order valence-electron chi connectivity index (χ2n) is 2.15. The summed E-state index contributed by atoms with van der Waals surface area (Å²) in [4.78, 5) is 10.5. The molecule has 0 saturated carbocycles. The van der Waals surface area contributed by atoms with Gasteiger partial charge in [-0.15, -0.1) is 0 Å². The second-order valence-corrected chi connectivity index (χ2v) is 2.15. The van der Waals surface area contributed by atoms with Crippen LogP contribution in [0.4, 0.5) is 0 Å². The summed E-state index contributed by atoms with van der Waals surface area (Å²) < 4.78 is 5.13. The van der Waals surface area contributed by atoms with Crippen LogP contribution < -0.4 is 5.32 Å². The van der Waals surface area contributed by atoms with Crippen molar-refractivity contribution in [3.8, 4) is 0 Å². The Morgan fingerprint density at radius 2 is 2.67 bits per heavy atom. The first-order chi connectivity index (χ1) is 4.33. The van der Waals surface area contributed by atoms with Crippen LogP contribution in [0.3, 0.4) is 0 Å². The molecule has 3 nitrogen and oxygen atoms in total. The first-order valence-electron chi connectivity index (χ1n) is 3.21. The topological polar surface area (TPSA) is 38.3 Å². The van der Waals surface area contributed by atoms with Gasteiger partial charge in [0.1, 0.15) is 6.61 Å². The Balaban J connectivity index is 2.26. The molecular formula is C6H11NO2. The van der Waals surface area contributed by atoms with Crippen LogP contribution in [-0.4, -0.2) is 25.2 Å². The lowest BCUT2D eigenvalue weighted by Gasteiger charge is -2.21. The minimum absolute atomic E-state index is 0.000278. The highest BCUT2D eigenvalue weighted by molar-refractivity contribution is 5.77. The van der Waals surface area contributed by atoms with Gasteiger partial charge < -0.3 is 10.1 Å². The molecule has 1 fully saturated rings. The minimum atomic E-state index is -0.000278. The molecule has 0 aromatic rings. The van der Waals surface area contributed by atoms with Crippen molar-refractivity contribution in [3.05, 3.63) is 0 Å². The Morgan fingerprint density at radius 3 is 3.11 bits per heavy atom. The van der Waals surface area contributed by atoms with Gasteiger partial charge in [-0.3, -0.25) is 4.79 Å². The van der Waals surface area contributed by atoms with Crippen LogP contribution in [0.15, 0.2) is 0 Å². The fourth-order valence-corrected chi connectivity index (χ4v) is 0.793. The van der Waals surface area contributed by atoms with Crippen LogP contribution in [0.2, 0.25) is 0 Å². The lowest BCUT2D eigenvalue weighted by atomic mass is 10.2. The first-order valence-corrected chi connectivity index (χ1v) is 3.21. The van der Waals surface area contributed by atoms with E-state index in [9.17, 15) is 4.79 Å². The van der Waals surface area contributed by atoms with Crippen LogP contribution in [0, 0.1) is 0 Å². The second kappa shape index (κ2) is 2.82. The number of ether oxygens (including phenoxy) is 1. The third-order valence-electron chi connectivity index (χ3n) is 1.43. The van der Waals surface area contributed by atoms with Gasteiger partial charge in [-0.25, -0.2) is 0 Å². The van der Waals surface area contributed by atoms with E-state index < -0.39 is 0 Å². The third-order valence-corrected chi connectivity index (χ3v) is 1.43. The molecule has 0 bridgehead atoms. The van der Waals surface area contributed by atoms with E-state index in [-0.39, 0.29) is 18.6 Å². The smallest absolute Gasteiger partial charge is 0.246 e. The molecular weight excluding hydrogens is 118 g/mol. The number of rotatable bonds is 1. The maximum Gasteiger partial charge on any atom is 0.246 e. The quantitative estimate of drug-likeness (QED) is 0.537. The lowest BCUT2D eigenvalue weighted by molar-refractivity contribution is -0.133. The van der Waals surface area contributed by atoms with E-state index in [4.69, 9.17) is 4.74 Å². The summed E-state index contributed by atoms with van der Waals surface area (Å²) in [5, 5.41) is 2.72. The van der Waals surface area contributed by atoms with E-state index in [1.807, 2.05) is 6.92 Å². The highest BCUT2D eigenvalue weighted by Gasteiger charge is 2.15. The van der Waals surface area contributed by atoms with Crippen molar-refractivity contribution >= 4 is 5.91 Å². The number of hydrogen-bond donors (Lipinski definition) is 1. The molecule has 0 unspecified atom stereocenters. The highest BCUT2D eigenvalue weighted by Crippen LogP contribution is 1.99. The van der Waals surface area contributed by atoms with Gasteiger partial charge in [-0.05, 0) is 6.42 Å². The predicted octanol–water partition coefficient (Wildman–Crippen LogP) is -0.0886. The summed E-state index contributed by atoms with van der Waals surface area (Å²) in [5.74, 6) is -0.000278. The van der Waals surface area contributed by atoms with Gasteiger partial charge in [-0.2, -0.15) is 0 Å². The standard InChI is InChI=1S/C6H11NO2/c1-2-5-3-7-6(8)4-9-5/h5H,2-4H2,1H3,(H,7,8)/t5-/m0/s1. The van der Waals surface area contributed by atoms with Gasteiger partial charge in [0.25, 0.3) is 0 Å². The van der Waals surface area contributed by atoms with Gasteiger partial charge in [0.15, 0.2) is 0 Å². The van der Waals surface area contributed by atoms with Crippen molar-refractivity contribution in [1.82, 2.24) is 5.32 Å². The molecule has 52 valence electrons. The SMILES string of the molecule is CC[C@H]1CNC(=O)CO1. The molecule has 1 amide bonds. The molecule has 0 radical (unpaired) electrons. The Bertz CT molecular complexity index is 104. The summed E-state index contributed by atoms with van der Waals surface area (Å²) in [5.41, 5.74) is 0. The number of amides is 1. The fraction of sp³-hybridized carbons (Fsp3) is 0.833. The van der Waals surface area contributed by atoms with Crippen LogP contribution >= 0.6 is 0 Å². The van der Waals surface area contributed by atoms with Crippen molar-refractivity contribution in [2.75, 3.05) is 13.2 Å². The predicted molar refractivity (Wildman–Crippen MR) is 33.0 cm³/mol.